The molecule has 4 nitrogen and oxygen atoms in total. The molecule has 1 N–H and O–H groups in total. The second-order valence-electron chi connectivity index (χ2n) is 4.92. The normalized spacial score (nSPS) is 14.2. The number of thioether (sulfide) groups is 1. The molecule has 1 aromatic carbocycles. The zero-order chi connectivity index (χ0) is 13.9. The maximum Gasteiger partial charge on any atom is 0.307 e. The quantitative estimate of drug-likeness (QED) is 0.859. The summed E-state index contributed by atoms with van der Waals surface area (Å²) in [6.45, 7) is 0.614. The summed E-state index contributed by atoms with van der Waals surface area (Å²) in [5.41, 5.74) is 1.44. The van der Waals surface area contributed by atoms with Crippen LogP contribution in [0, 0.1) is 5.92 Å². The molecule has 104 valence electrons. The molecule has 1 heterocycles. The molecule has 1 aliphatic rings. The second kappa shape index (κ2) is 5.71. The Hall–Kier alpha value is -1.75. The van der Waals surface area contributed by atoms with Gasteiger partial charge in [-0.3, -0.25) is 4.79 Å². The molecule has 0 amide bonds. The number of nitrogens with one attached hydrogen (secondary N) is 1. The van der Waals surface area contributed by atoms with Gasteiger partial charge in [-0.1, -0.05) is 12.1 Å². The van der Waals surface area contributed by atoms with Crippen LogP contribution in [0.5, 0.6) is 5.75 Å². The van der Waals surface area contributed by atoms with E-state index < -0.39 is 0 Å². The van der Waals surface area contributed by atoms with E-state index >= 15 is 0 Å². The van der Waals surface area contributed by atoms with Crippen LogP contribution in [0.25, 0.3) is 11.1 Å². The first-order valence-electron chi connectivity index (χ1n) is 6.63. The van der Waals surface area contributed by atoms with Crippen molar-refractivity contribution in [3.63, 3.8) is 0 Å². The molecule has 1 fully saturated rings. The molecule has 5 heteroatoms. The number of hydrogen-bond acceptors (Lipinski definition) is 4. The number of aromatic nitrogens is 2. The highest BCUT2D eigenvalue weighted by Crippen LogP contribution is 2.32. The Morgan fingerprint density at radius 2 is 2.10 bits per heavy atom. The van der Waals surface area contributed by atoms with Crippen molar-refractivity contribution < 1.29 is 4.74 Å². The van der Waals surface area contributed by atoms with Gasteiger partial charge in [-0.05, 0) is 42.7 Å². The van der Waals surface area contributed by atoms with E-state index in [0.29, 0.717) is 18.3 Å². The Labute approximate surface area is 121 Å². The van der Waals surface area contributed by atoms with Gasteiger partial charge < -0.3 is 4.74 Å². The number of nitrogens with zero attached hydrogens (tertiary/aromatic N) is 1. The van der Waals surface area contributed by atoms with E-state index in [1.54, 1.807) is 18.0 Å². The van der Waals surface area contributed by atoms with Gasteiger partial charge in [0.2, 0.25) is 0 Å². The van der Waals surface area contributed by atoms with Crippen LogP contribution in [-0.4, -0.2) is 23.1 Å². The van der Waals surface area contributed by atoms with Crippen LogP contribution in [0.15, 0.2) is 40.2 Å². The minimum Gasteiger partial charge on any atom is -0.487 e. The largest absolute Gasteiger partial charge is 0.487 e. The highest BCUT2D eigenvalue weighted by Gasteiger charge is 2.23. The molecule has 0 saturated heterocycles. The summed E-state index contributed by atoms with van der Waals surface area (Å²) in [5.74, 6) is 0.984. The van der Waals surface area contributed by atoms with E-state index in [0.717, 1.165) is 11.1 Å². The fraction of sp³-hybridized carbons (Fsp3) is 0.333. The predicted octanol–water partition coefficient (Wildman–Crippen LogP) is 2.95. The van der Waals surface area contributed by atoms with Gasteiger partial charge in [0.1, 0.15) is 0 Å². The lowest BCUT2D eigenvalue weighted by Crippen LogP contribution is -2.15. The summed E-state index contributed by atoms with van der Waals surface area (Å²) in [6.07, 6.45) is 6.08. The third kappa shape index (κ3) is 2.88. The van der Waals surface area contributed by atoms with Crippen molar-refractivity contribution in [3.05, 3.63) is 40.8 Å². The maximum absolute atomic E-state index is 11.9. The molecule has 0 bridgehead atoms. The molecule has 0 spiro atoms. The first-order valence-corrected chi connectivity index (χ1v) is 7.85. The number of rotatable bonds is 5. The van der Waals surface area contributed by atoms with Crippen LogP contribution < -0.4 is 10.3 Å². The van der Waals surface area contributed by atoms with Crippen molar-refractivity contribution in [2.24, 2.45) is 5.92 Å². The Balaban J connectivity index is 1.93. The van der Waals surface area contributed by atoms with Crippen LogP contribution in [0.1, 0.15) is 12.8 Å². The van der Waals surface area contributed by atoms with E-state index in [2.05, 4.69) is 10.2 Å². The van der Waals surface area contributed by atoms with Gasteiger partial charge in [0.05, 0.1) is 12.8 Å². The van der Waals surface area contributed by atoms with Crippen LogP contribution >= 0.6 is 11.8 Å². The van der Waals surface area contributed by atoms with Crippen molar-refractivity contribution in [2.45, 2.75) is 17.7 Å². The average Bonchev–Trinajstić information content (AvgIpc) is 3.30. The number of ether oxygens (including phenoxy) is 1. The van der Waals surface area contributed by atoms with Gasteiger partial charge in [0, 0.05) is 10.5 Å². The van der Waals surface area contributed by atoms with E-state index in [-0.39, 0.29) is 5.56 Å². The molecule has 1 aliphatic carbocycles. The smallest absolute Gasteiger partial charge is 0.307 e. The van der Waals surface area contributed by atoms with Crippen molar-refractivity contribution in [3.8, 4) is 16.9 Å². The fourth-order valence-corrected chi connectivity index (χ4v) is 2.40. The SMILES string of the molecule is CSc1ccc(-c2cn[nH]c(=O)c2OCC2CC2)cc1. The third-order valence-corrected chi connectivity index (χ3v) is 4.12. The third-order valence-electron chi connectivity index (χ3n) is 3.37. The van der Waals surface area contributed by atoms with Gasteiger partial charge in [0.25, 0.3) is 0 Å². The van der Waals surface area contributed by atoms with E-state index in [1.807, 2.05) is 30.5 Å². The van der Waals surface area contributed by atoms with Gasteiger partial charge in [-0.25, -0.2) is 5.10 Å². The summed E-state index contributed by atoms with van der Waals surface area (Å²) < 4.78 is 5.71. The first-order chi connectivity index (χ1) is 9.78. The highest BCUT2D eigenvalue weighted by atomic mass is 32.2. The first kappa shape index (κ1) is 13.2. The summed E-state index contributed by atoms with van der Waals surface area (Å²) in [4.78, 5) is 13.1. The lowest BCUT2D eigenvalue weighted by atomic mass is 10.1. The number of H-pyrrole nitrogens is 1. The van der Waals surface area contributed by atoms with Crippen LogP contribution in [0.2, 0.25) is 0 Å². The zero-order valence-corrected chi connectivity index (χ0v) is 12.1. The Morgan fingerprint density at radius 1 is 1.35 bits per heavy atom. The Kier molecular flexibility index (Phi) is 3.78. The minimum absolute atomic E-state index is 0.267. The highest BCUT2D eigenvalue weighted by molar-refractivity contribution is 7.98. The minimum atomic E-state index is -0.267. The molecule has 0 atom stereocenters. The second-order valence-corrected chi connectivity index (χ2v) is 5.80. The number of hydrogen-bond donors (Lipinski definition) is 1. The number of benzene rings is 1. The molecular weight excluding hydrogens is 272 g/mol. The summed E-state index contributed by atoms with van der Waals surface area (Å²) in [7, 11) is 0. The van der Waals surface area contributed by atoms with E-state index in [1.165, 1.54) is 17.7 Å². The van der Waals surface area contributed by atoms with Crippen molar-refractivity contribution in [2.75, 3.05) is 12.9 Å². The molecule has 2 aromatic rings. The molecule has 1 aromatic heterocycles. The predicted molar refractivity (Wildman–Crippen MR) is 80.3 cm³/mol. The van der Waals surface area contributed by atoms with E-state index in [4.69, 9.17) is 4.74 Å². The molecular formula is C15H16N2O2S. The van der Waals surface area contributed by atoms with Crippen molar-refractivity contribution in [1.82, 2.24) is 10.2 Å². The van der Waals surface area contributed by atoms with Crippen molar-refractivity contribution >= 4 is 11.8 Å². The van der Waals surface area contributed by atoms with Gasteiger partial charge >= 0.3 is 5.56 Å². The van der Waals surface area contributed by atoms with E-state index in [9.17, 15) is 4.79 Å². The lowest BCUT2D eigenvalue weighted by molar-refractivity contribution is 0.296. The number of aromatic amines is 1. The monoisotopic (exact) mass is 288 g/mol. The van der Waals surface area contributed by atoms with Gasteiger partial charge in [0.15, 0.2) is 5.75 Å². The standard InChI is InChI=1S/C15H16N2O2S/c1-20-12-6-4-11(5-7-12)13-8-16-17-15(18)14(13)19-9-10-2-3-10/h4-8,10H,2-3,9H2,1H3,(H,17,18). The molecule has 3 rings (SSSR count). The Morgan fingerprint density at radius 3 is 2.75 bits per heavy atom. The molecule has 20 heavy (non-hydrogen) atoms. The Bertz CT molecular complexity index is 648. The van der Waals surface area contributed by atoms with Crippen LogP contribution in [-0.2, 0) is 0 Å². The lowest BCUT2D eigenvalue weighted by Gasteiger charge is -2.10. The van der Waals surface area contributed by atoms with Crippen LogP contribution in [0.3, 0.4) is 0 Å². The average molecular weight is 288 g/mol. The van der Waals surface area contributed by atoms with Crippen molar-refractivity contribution in [1.29, 1.82) is 0 Å². The summed E-state index contributed by atoms with van der Waals surface area (Å²) in [5, 5.41) is 6.33. The fourth-order valence-electron chi connectivity index (χ4n) is 1.99. The van der Waals surface area contributed by atoms with Gasteiger partial charge in [-0.2, -0.15) is 5.10 Å². The molecule has 1 saturated carbocycles. The summed E-state index contributed by atoms with van der Waals surface area (Å²) in [6, 6.07) is 8.05. The summed E-state index contributed by atoms with van der Waals surface area (Å²) >= 11 is 1.69. The van der Waals surface area contributed by atoms with Gasteiger partial charge in [-0.15, -0.1) is 11.8 Å². The molecule has 0 aliphatic heterocycles. The molecule has 0 radical (unpaired) electrons. The maximum atomic E-state index is 11.9. The zero-order valence-electron chi connectivity index (χ0n) is 11.3. The molecule has 0 unspecified atom stereocenters. The van der Waals surface area contributed by atoms with Crippen LogP contribution in [0.4, 0.5) is 0 Å². The topological polar surface area (TPSA) is 55.0 Å².